The number of nitrogens with zero attached hydrogens (tertiary/aromatic N) is 1. The molecule has 1 unspecified atom stereocenters. The van der Waals surface area contributed by atoms with Gasteiger partial charge >= 0.3 is 0 Å². The Hall–Kier alpha value is -2.73. The lowest BCUT2D eigenvalue weighted by Crippen LogP contribution is -2.46. The topological polar surface area (TPSA) is 61.4 Å². The van der Waals surface area contributed by atoms with E-state index in [9.17, 15) is 14.0 Å². The van der Waals surface area contributed by atoms with Gasteiger partial charge in [0.05, 0.1) is 0 Å². The number of carbonyl (C=O) groups is 2. The summed E-state index contributed by atoms with van der Waals surface area (Å²) in [6.45, 7) is 5.41. The molecule has 2 aromatic carbocycles. The molecule has 2 fully saturated rings. The minimum atomic E-state index is -0.243. The third-order valence-electron chi connectivity index (χ3n) is 7.20. The van der Waals surface area contributed by atoms with Gasteiger partial charge in [-0.1, -0.05) is 42.5 Å². The Labute approximate surface area is 195 Å². The molecule has 176 valence electrons. The van der Waals surface area contributed by atoms with Gasteiger partial charge in [0.2, 0.25) is 12.3 Å². The fourth-order valence-electron chi connectivity index (χ4n) is 5.32. The number of nitrogens with one attached hydrogen (secondary N) is 2. The first-order valence-corrected chi connectivity index (χ1v) is 12.0. The van der Waals surface area contributed by atoms with Crippen LogP contribution in [-0.4, -0.2) is 49.4 Å². The molecule has 2 aliphatic rings. The van der Waals surface area contributed by atoms with Crippen LogP contribution in [0.3, 0.4) is 0 Å². The van der Waals surface area contributed by atoms with Crippen LogP contribution in [0.5, 0.6) is 0 Å². The van der Waals surface area contributed by atoms with E-state index in [1.165, 1.54) is 17.7 Å². The summed E-state index contributed by atoms with van der Waals surface area (Å²) in [5.74, 6) is 0.998. The standard InChI is InChI=1S/C27H34FN3O2/c1-19(30-27(33)25-15-24(25)20-5-3-2-4-6-20)17-31-13-11-22(12-14-31)26(16-29-18-32)21-7-9-23(28)10-8-21/h2-10,18-19,22,24-26H,11-17H2,1H3,(H,29,32)(H,30,33)/t19-,24-,25?,26+/m0/s1. The van der Waals surface area contributed by atoms with Crippen LogP contribution in [-0.2, 0) is 9.59 Å². The van der Waals surface area contributed by atoms with E-state index in [2.05, 4.69) is 34.6 Å². The second-order valence-corrected chi connectivity index (χ2v) is 9.59. The second-order valence-electron chi connectivity index (χ2n) is 9.59. The van der Waals surface area contributed by atoms with Crippen LogP contribution in [0.25, 0.3) is 0 Å². The number of hydrogen-bond acceptors (Lipinski definition) is 3. The van der Waals surface area contributed by atoms with Crippen molar-refractivity contribution in [2.45, 2.75) is 44.1 Å². The van der Waals surface area contributed by atoms with Gasteiger partial charge in [0, 0.05) is 31.0 Å². The first-order chi connectivity index (χ1) is 16.0. The monoisotopic (exact) mass is 451 g/mol. The molecule has 5 nitrogen and oxygen atoms in total. The van der Waals surface area contributed by atoms with E-state index >= 15 is 0 Å². The first kappa shape index (κ1) is 23.4. The number of hydrogen-bond donors (Lipinski definition) is 2. The second kappa shape index (κ2) is 10.9. The molecule has 0 spiro atoms. The molecule has 1 aliphatic heterocycles. The van der Waals surface area contributed by atoms with E-state index in [0.717, 1.165) is 50.9 Å². The van der Waals surface area contributed by atoms with Gasteiger partial charge in [-0.05, 0) is 74.4 Å². The summed E-state index contributed by atoms with van der Waals surface area (Å²) in [5, 5.41) is 6.04. The number of carbonyl (C=O) groups excluding carboxylic acids is 2. The molecule has 2 aromatic rings. The molecule has 1 heterocycles. The summed E-state index contributed by atoms with van der Waals surface area (Å²) >= 11 is 0. The van der Waals surface area contributed by atoms with Gasteiger partial charge in [-0.3, -0.25) is 9.59 Å². The number of amides is 2. The number of halogens is 1. The van der Waals surface area contributed by atoms with Crippen molar-refractivity contribution in [2.24, 2.45) is 11.8 Å². The van der Waals surface area contributed by atoms with Crippen LogP contribution in [0.15, 0.2) is 54.6 Å². The van der Waals surface area contributed by atoms with E-state index in [4.69, 9.17) is 0 Å². The molecule has 33 heavy (non-hydrogen) atoms. The summed E-state index contributed by atoms with van der Waals surface area (Å²) in [4.78, 5) is 26.0. The molecule has 1 saturated carbocycles. The number of benzene rings is 2. The van der Waals surface area contributed by atoms with Crippen molar-refractivity contribution in [1.82, 2.24) is 15.5 Å². The molecule has 6 heteroatoms. The van der Waals surface area contributed by atoms with Crippen molar-refractivity contribution in [3.05, 3.63) is 71.5 Å². The molecule has 2 amide bonds. The lowest BCUT2D eigenvalue weighted by molar-refractivity contribution is -0.123. The van der Waals surface area contributed by atoms with Gasteiger partial charge < -0.3 is 15.5 Å². The normalized spacial score (nSPS) is 22.8. The van der Waals surface area contributed by atoms with Gasteiger partial charge in [0.1, 0.15) is 5.82 Å². The highest BCUT2D eigenvalue weighted by Crippen LogP contribution is 2.47. The van der Waals surface area contributed by atoms with Crippen LogP contribution in [0.4, 0.5) is 4.39 Å². The fraction of sp³-hybridized carbons (Fsp3) is 0.481. The maximum atomic E-state index is 13.4. The van der Waals surface area contributed by atoms with Crippen molar-refractivity contribution < 1.29 is 14.0 Å². The largest absolute Gasteiger partial charge is 0.358 e. The van der Waals surface area contributed by atoms with Crippen LogP contribution in [0.2, 0.25) is 0 Å². The Bertz CT molecular complexity index is 913. The van der Waals surface area contributed by atoms with Crippen molar-refractivity contribution in [3.63, 3.8) is 0 Å². The van der Waals surface area contributed by atoms with Crippen LogP contribution in [0.1, 0.15) is 49.1 Å². The van der Waals surface area contributed by atoms with Crippen molar-refractivity contribution >= 4 is 12.3 Å². The number of rotatable bonds is 10. The molecule has 1 aliphatic carbocycles. The van der Waals surface area contributed by atoms with Gasteiger partial charge in [-0.25, -0.2) is 4.39 Å². The van der Waals surface area contributed by atoms with Crippen LogP contribution in [0, 0.1) is 17.7 Å². The Morgan fingerprint density at radius 3 is 2.48 bits per heavy atom. The smallest absolute Gasteiger partial charge is 0.224 e. The maximum Gasteiger partial charge on any atom is 0.224 e. The minimum absolute atomic E-state index is 0.0994. The molecule has 0 aromatic heterocycles. The van der Waals surface area contributed by atoms with Crippen molar-refractivity contribution in [3.8, 4) is 0 Å². The predicted molar refractivity (Wildman–Crippen MR) is 127 cm³/mol. The fourth-order valence-corrected chi connectivity index (χ4v) is 5.32. The summed E-state index contributed by atoms with van der Waals surface area (Å²) < 4.78 is 13.4. The lowest BCUT2D eigenvalue weighted by atomic mass is 9.80. The quantitative estimate of drug-likeness (QED) is 0.542. The zero-order chi connectivity index (χ0) is 23.2. The number of likely N-dealkylation sites (tertiary alicyclic amines) is 1. The highest BCUT2D eigenvalue weighted by molar-refractivity contribution is 5.83. The summed E-state index contributed by atoms with van der Waals surface area (Å²) in [6.07, 6.45) is 3.70. The Kier molecular flexibility index (Phi) is 7.76. The first-order valence-electron chi connectivity index (χ1n) is 12.0. The molecule has 4 rings (SSSR count). The summed E-state index contributed by atoms with van der Waals surface area (Å²) in [6, 6.07) is 17.0. The third-order valence-corrected chi connectivity index (χ3v) is 7.20. The molecule has 1 saturated heterocycles. The molecule has 2 N–H and O–H groups in total. The molecular formula is C27H34FN3O2. The van der Waals surface area contributed by atoms with Crippen LogP contribution >= 0.6 is 0 Å². The van der Waals surface area contributed by atoms with Gasteiger partial charge in [0.15, 0.2) is 0 Å². The predicted octanol–water partition coefficient (Wildman–Crippen LogP) is 3.68. The van der Waals surface area contributed by atoms with Crippen molar-refractivity contribution in [1.29, 1.82) is 0 Å². The van der Waals surface area contributed by atoms with E-state index in [0.29, 0.717) is 18.4 Å². The molecule has 4 atom stereocenters. The van der Waals surface area contributed by atoms with E-state index in [1.54, 1.807) is 0 Å². The SMILES string of the molecule is C[C@@H](CN1CCC([C@H](CNC=O)c2ccc(F)cc2)CC1)NC(=O)C1C[C@H]1c1ccccc1. The highest BCUT2D eigenvalue weighted by atomic mass is 19.1. The van der Waals surface area contributed by atoms with Gasteiger partial charge in [-0.15, -0.1) is 0 Å². The summed E-state index contributed by atoms with van der Waals surface area (Å²) in [5.41, 5.74) is 2.33. The third kappa shape index (κ3) is 6.20. The average Bonchev–Trinajstić information content (AvgIpc) is 3.63. The Morgan fingerprint density at radius 1 is 1.12 bits per heavy atom. The van der Waals surface area contributed by atoms with E-state index in [-0.39, 0.29) is 29.6 Å². The maximum absolute atomic E-state index is 13.4. The Balaban J connectivity index is 1.24. The molecule has 0 radical (unpaired) electrons. The Morgan fingerprint density at radius 2 is 1.82 bits per heavy atom. The van der Waals surface area contributed by atoms with Crippen molar-refractivity contribution in [2.75, 3.05) is 26.2 Å². The van der Waals surface area contributed by atoms with Crippen LogP contribution < -0.4 is 10.6 Å². The van der Waals surface area contributed by atoms with E-state index < -0.39 is 0 Å². The molecule has 0 bridgehead atoms. The molecular weight excluding hydrogens is 417 g/mol. The summed E-state index contributed by atoms with van der Waals surface area (Å²) in [7, 11) is 0. The average molecular weight is 452 g/mol. The van der Waals surface area contributed by atoms with Gasteiger partial charge in [-0.2, -0.15) is 0 Å². The number of piperidine rings is 1. The zero-order valence-corrected chi connectivity index (χ0v) is 19.3. The highest BCUT2D eigenvalue weighted by Gasteiger charge is 2.44. The zero-order valence-electron chi connectivity index (χ0n) is 19.3. The lowest BCUT2D eigenvalue weighted by Gasteiger charge is -2.37. The van der Waals surface area contributed by atoms with Gasteiger partial charge in [0.25, 0.3) is 0 Å². The van der Waals surface area contributed by atoms with E-state index in [1.807, 2.05) is 30.3 Å². The minimum Gasteiger partial charge on any atom is -0.358 e.